The second-order valence-corrected chi connectivity index (χ2v) is 5.17. The molecule has 0 heterocycles. The number of rotatable bonds is 6. The number of nitrogens with two attached hydrogens (primary N) is 1. The molecule has 2 nitrogen and oxygen atoms in total. The smallest absolute Gasteiger partial charge is 0.263 e. The molecule has 1 aromatic carbocycles. The van der Waals surface area contributed by atoms with Gasteiger partial charge in [0.15, 0.2) is 0 Å². The Morgan fingerprint density at radius 1 is 1.22 bits per heavy atom. The van der Waals surface area contributed by atoms with Gasteiger partial charge in [-0.2, -0.15) is 0 Å². The summed E-state index contributed by atoms with van der Waals surface area (Å²) in [6.07, 6.45) is -2.41. The standard InChI is InChI=1S/C14H22F2N2/c1-10(2)14(3,9-17)18-8-11-4-6-12(7-5-11)13(15)16/h4-7,10,13,18H,8-9,17H2,1-3H3. The predicted octanol–water partition coefficient (Wildman–Crippen LogP) is 3.09. The second-order valence-electron chi connectivity index (χ2n) is 5.17. The maximum atomic E-state index is 12.4. The van der Waals surface area contributed by atoms with Crippen LogP contribution in [0.3, 0.4) is 0 Å². The lowest BCUT2D eigenvalue weighted by Crippen LogP contribution is -2.52. The van der Waals surface area contributed by atoms with E-state index in [0.29, 0.717) is 19.0 Å². The van der Waals surface area contributed by atoms with Gasteiger partial charge < -0.3 is 11.1 Å². The van der Waals surface area contributed by atoms with E-state index in [1.807, 2.05) is 0 Å². The Bertz CT molecular complexity index is 363. The Balaban J connectivity index is 2.63. The minimum absolute atomic E-state index is 0.0594. The van der Waals surface area contributed by atoms with Crippen LogP contribution in [0.1, 0.15) is 38.3 Å². The zero-order valence-electron chi connectivity index (χ0n) is 11.2. The average Bonchev–Trinajstić information content (AvgIpc) is 2.36. The van der Waals surface area contributed by atoms with Gasteiger partial charge in [-0.15, -0.1) is 0 Å². The van der Waals surface area contributed by atoms with Crippen LogP contribution in [0.2, 0.25) is 0 Å². The molecule has 0 radical (unpaired) electrons. The van der Waals surface area contributed by atoms with Gasteiger partial charge in [0.1, 0.15) is 0 Å². The van der Waals surface area contributed by atoms with Crippen molar-refractivity contribution in [3.63, 3.8) is 0 Å². The lowest BCUT2D eigenvalue weighted by Gasteiger charge is -2.34. The molecule has 0 aliphatic heterocycles. The SMILES string of the molecule is CC(C)C(C)(CN)NCc1ccc(C(F)F)cc1. The molecule has 1 atom stereocenters. The van der Waals surface area contributed by atoms with Crippen molar-refractivity contribution in [2.45, 2.75) is 39.3 Å². The molecular formula is C14H22F2N2. The first-order chi connectivity index (χ1) is 8.39. The summed E-state index contributed by atoms with van der Waals surface area (Å²) in [5.41, 5.74) is 6.68. The van der Waals surface area contributed by atoms with Crippen LogP contribution in [0.25, 0.3) is 0 Å². The largest absolute Gasteiger partial charge is 0.329 e. The topological polar surface area (TPSA) is 38.0 Å². The van der Waals surface area contributed by atoms with Crippen molar-refractivity contribution in [1.29, 1.82) is 0 Å². The van der Waals surface area contributed by atoms with Crippen LogP contribution < -0.4 is 11.1 Å². The van der Waals surface area contributed by atoms with E-state index in [0.717, 1.165) is 5.56 Å². The minimum atomic E-state index is -2.41. The molecule has 0 amide bonds. The number of hydrogen-bond donors (Lipinski definition) is 2. The van der Waals surface area contributed by atoms with Gasteiger partial charge in [-0.3, -0.25) is 0 Å². The Hall–Kier alpha value is -1.00. The van der Waals surface area contributed by atoms with Crippen molar-refractivity contribution in [3.8, 4) is 0 Å². The fourth-order valence-corrected chi connectivity index (χ4v) is 1.60. The molecular weight excluding hydrogens is 234 g/mol. The predicted molar refractivity (Wildman–Crippen MR) is 70.5 cm³/mol. The number of benzene rings is 1. The van der Waals surface area contributed by atoms with Gasteiger partial charge >= 0.3 is 0 Å². The number of nitrogens with one attached hydrogen (secondary N) is 1. The van der Waals surface area contributed by atoms with Gasteiger partial charge in [0.2, 0.25) is 0 Å². The number of halogens is 2. The first-order valence-electron chi connectivity index (χ1n) is 6.21. The number of hydrogen-bond acceptors (Lipinski definition) is 2. The highest BCUT2D eigenvalue weighted by Gasteiger charge is 2.25. The molecule has 1 aromatic rings. The lowest BCUT2D eigenvalue weighted by molar-refractivity contribution is 0.151. The third kappa shape index (κ3) is 3.75. The summed E-state index contributed by atoms with van der Waals surface area (Å²) >= 11 is 0. The summed E-state index contributed by atoms with van der Waals surface area (Å²) in [5, 5.41) is 3.40. The van der Waals surface area contributed by atoms with Crippen molar-refractivity contribution < 1.29 is 8.78 Å². The number of alkyl halides is 2. The Morgan fingerprint density at radius 2 is 1.78 bits per heavy atom. The molecule has 102 valence electrons. The highest BCUT2D eigenvalue weighted by atomic mass is 19.3. The second kappa shape index (κ2) is 6.25. The molecule has 0 aliphatic rings. The molecule has 1 unspecified atom stereocenters. The molecule has 0 saturated carbocycles. The quantitative estimate of drug-likeness (QED) is 0.821. The van der Waals surface area contributed by atoms with Gasteiger partial charge in [0, 0.05) is 24.2 Å². The molecule has 18 heavy (non-hydrogen) atoms. The van der Waals surface area contributed by atoms with Crippen molar-refractivity contribution in [3.05, 3.63) is 35.4 Å². The van der Waals surface area contributed by atoms with E-state index >= 15 is 0 Å². The average molecular weight is 256 g/mol. The van der Waals surface area contributed by atoms with E-state index in [-0.39, 0.29) is 11.1 Å². The summed E-state index contributed by atoms with van der Waals surface area (Å²) in [6.45, 7) is 7.47. The summed E-state index contributed by atoms with van der Waals surface area (Å²) < 4.78 is 24.8. The molecule has 1 rings (SSSR count). The molecule has 0 aliphatic carbocycles. The molecule has 0 bridgehead atoms. The Morgan fingerprint density at radius 3 is 2.17 bits per heavy atom. The lowest BCUT2D eigenvalue weighted by atomic mass is 9.88. The zero-order chi connectivity index (χ0) is 13.8. The van der Waals surface area contributed by atoms with E-state index in [1.54, 1.807) is 12.1 Å². The van der Waals surface area contributed by atoms with E-state index in [4.69, 9.17) is 5.73 Å². The highest BCUT2D eigenvalue weighted by Crippen LogP contribution is 2.20. The molecule has 0 aromatic heterocycles. The normalized spacial score (nSPS) is 15.1. The summed E-state index contributed by atoms with van der Waals surface area (Å²) in [4.78, 5) is 0. The van der Waals surface area contributed by atoms with Gasteiger partial charge in [0.25, 0.3) is 6.43 Å². The van der Waals surface area contributed by atoms with Crippen LogP contribution in [0.4, 0.5) is 8.78 Å². The minimum Gasteiger partial charge on any atom is -0.329 e. The first kappa shape index (κ1) is 15.1. The third-order valence-corrected chi connectivity index (χ3v) is 3.63. The summed E-state index contributed by atoms with van der Waals surface area (Å²) in [7, 11) is 0. The van der Waals surface area contributed by atoms with E-state index in [2.05, 4.69) is 26.1 Å². The third-order valence-electron chi connectivity index (χ3n) is 3.63. The van der Waals surface area contributed by atoms with E-state index < -0.39 is 6.43 Å². The highest BCUT2D eigenvalue weighted by molar-refractivity contribution is 5.23. The van der Waals surface area contributed by atoms with Crippen LogP contribution in [0.5, 0.6) is 0 Å². The van der Waals surface area contributed by atoms with Crippen LogP contribution >= 0.6 is 0 Å². The van der Waals surface area contributed by atoms with Crippen molar-refractivity contribution in [2.24, 2.45) is 11.7 Å². The summed E-state index contributed by atoms with van der Waals surface area (Å²) in [5.74, 6) is 0.405. The monoisotopic (exact) mass is 256 g/mol. The maximum absolute atomic E-state index is 12.4. The van der Waals surface area contributed by atoms with Gasteiger partial charge in [-0.1, -0.05) is 38.1 Å². The molecule has 3 N–H and O–H groups in total. The Labute approximate surface area is 108 Å². The van der Waals surface area contributed by atoms with Crippen molar-refractivity contribution in [2.75, 3.05) is 6.54 Å². The van der Waals surface area contributed by atoms with Gasteiger partial charge in [-0.25, -0.2) is 8.78 Å². The van der Waals surface area contributed by atoms with Crippen molar-refractivity contribution >= 4 is 0 Å². The fourth-order valence-electron chi connectivity index (χ4n) is 1.60. The zero-order valence-corrected chi connectivity index (χ0v) is 11.2. The Kier molecular flexibility index (Phi) is 5.23. The van der Waals surface area contributed by atoms with Crippen LogP contribution in [0.15, 0.2) is 24.3 Å². The van der Waals surface area contributed by atoms with Gasteiger partial charge in [-0.05, 0) is 18.4 Å². The van der Waals surface area contributed by atoms with Gasteiger partial charge in [0.05, 0.1) is 0 Å². The maximum Gasteiger partial charge on any atom is 0.263 e. The summed E-state index contributed by atoms with van der Waals surface area (Å²) in [6, 6.07) is 6.39. The molecule has 4 heteroatoms. The molecule has 0 fully saturated rings. The molecule has 0 saturated heterocycles. The van der Waals surface area contributed by atoms with Crippen molar-refractivity contribution in [1.82, 2.24) is 5.32 Å². The van der Waals surface area contributed by atoms with E-state index in [9.17, 15) is 8.78 Å². The first-order valence-corrected chi connectivity index (χ1v) is 6.21. The molecule has 0 spiro atoms. The van der Waals surface area contributed by atoms with E-state index in [1.165, 1.54) is 12.1 Å². The van der Waals surface area contributed by atoms with Crippen LogP contribution in [-0.4, -0.2) is 12.1 Å². The fraction of sp³-hybridized carbons (Fsp3) is 0.571. The van der Waals surface area contributed by atoms with Crippen LogP contribution in [-0.2, 0) is 6.54 Å². The van der Waals surface area contributed by atoms with Crippen LogP contribution in [0, 0.1) is 5.92 Å².